The lowest BCUT2D eigenvalue weighted by atomic mass is 10.1. The minimum absolute atomic E-state index is 0.0353. The van der Waals surface area contributed by atoms with Crippen molar-refractivity contribution in [3.63, 3.8) is 0 Å². The molecule has 0 fully saturated rings. The number of hydrogen-bond donors (Lipinski definition) is 0. The Kier molecular flexibility index (Phi) is 33.7. The zero-order chi connectivity index (χ0) is 32.2. The van der Waals surface area contributed by atoms with E-state index >= 15 is 0 Å². The molecule has 0 aromatic rings. The number of esters is 2. The van der Waals surface area contributed by atoms with Crippen molar-refractivity contribution in [2.24, 2.45) is 0 Å². The highest BCUT2D eigenvalue weighted by atomic mass is 35.5. The van der Waals surface area contributed by atoms with Gasteiger partial charge in [-0.15, -0.1) is 11.6 Å². The molecule has 0 saturated carbocycles. The lowest BCUT2D eigenvalue weighted by molar-refractivity contribution is -0.157. The summed E-state index contributed by atoms with van der Waals surface area (Å²) in [6.45, 7) is 4.42. The maximum Gasteiger partial charge on any atom is 0.306 e. The number of allylic oxidation sites excluding steroid dienone is 10. The van der Waals surface area contributed by atoms with E-state index in [4.69, 9.17) is 21.1 Å². The molecule has 4 nitrogen and oxygen atoms in total. The second-order valence-corrected chi connectivity index (χ2v) is 11.8. The molecule has 252 valence electrons. The first-order valence-corrected chi connectivity index (χ1v) is 18.3. The summed E-state index contributed by atoms with van der Waals surface area (Å²) < 4.78 is 10.7. The van der Waals surface area contributed by atoms with Crippen LogP contribution in [0.5, 0.6) is 0 Å². The second kappa shape index (κ2) is 35.4. The van der Waals surface area contributed by atoms with E-state index in [0.29, 0.717) is 12.8 Å². The quantitative estimate of drug-likeness (QED) is 0.0330. The summed E-state index contributed by atoms with van der Waals surface area (Å²) in [7, 11) is 0. The third kappa shape index (κ3) is 32.8. The van der Waals surface area contributed by atoms with E-state index < -0.39 is 6.10 Å². The number of rotatable bonds is 31. The third-order valence-corrected chi connectivity index (χ3v) is 7.61. The van der Waals surface area contributed by atoms with Gasteiger partial charge in [0.15, 0.2) is 0 Å². The first-order chi connectivity index (χ1) is 21.6. The molecule has 0 spiro atoms. The van der Waals surface area contributed by atoms with Crippen LogP contribution in [-0.4, -0.2) is 30.5 Å². The van der Waals surface area contributed by atoms with Gasteiger partial charge in [-0.05, 0) is 77.0 Å². The van der Waals surface area contributed by atoms with Crippen LogP contribution in [0.15, 0.2) is 60.8 Å². The van der Waals surface area contributed by atoms with Gasteiger partial charge in [-0.1, -0.05) is 126 Å². The first kappa shape index (κ1) is 41.9. The third-order valence-electron chi connectivity index (χ3n) is 7.26. The Morgan fingerprint density at radius 3 is 1.48 bits per heavy atom. The maximum absolute atomic E-state index is 12.2. The van der Waals surface area contributed by atoms with Crippen LogP contribution in [-0.2, 0) is 19.1 Å². The molecule has 44 heavy (non-hydrogen) atoms. The average Bonchev–Trinajstić information content (AvgIpc) is 3.02. The van der Waals surface area contributed by atoms with Gasteiger partial charge in [-0.2, -0.15) is 0 Å². The Hall–Kier alpha value is -2.07. The summed E-state index contributed by atoms with van der Waals surface area (Å²) in [6.07, 6.45) is 44.8. The molecule has 0 heterocycles. The van der Waals surface area contributed by atoms with Crippen molar-refractivity contribution in [1.82, 2.24) is 0 Å². The van der Waals surface area contributed by atoms with Crippen LogP contribution in [0.4, 0.5) is 0 Å². The molecule has 1 atom stereocenters. The number of unbranched alkanes of at least 4 members (excludes halogenated alkanes) is 13. The van der Waals surface area contributed by atoms with Gasteiger partial charge in [0.1, 0.15) is 12.7 Å². The Morgan fingerprint density at radius 2 is 0.977 bits per heavy atom. The first-order valence-electron chi connectivity index (χ1n) is 17.8. The fraction of sp³-hybridized carbons (Fsp3) is 0.692. The fourth-order valence-corrected chi connectivity index (χ4v) is 4.73. The van der Waals surface area contributed by atoms with Crippen molar-refractivity contribution in [3.05, 3.63) is 60.8 Å². The van der Waals surface area contributed by atoms with E-state index in [2.05, 4.69) is 74.6 Å². The van der Waals surface area contributed by atoms with Gasteiger partial charge in [0.05, 0.1) is 5.88 Å². The monoisotopic (exact) mass is 632 g/mol. The van der Waals surface area contributed by atoms with Crippen LogP contribution >= 0.6 is 11.6 Å². The molecule has 0 aliphatic carbocycles. The molecule has 0 N–H and O–H groups in total. The Labute approximate surface area is 276 Å². The highest BCUT2D eigenvalue weighted by molar-refractivity contribution is 6.18. The molecule has 0 aliphatic heterocycles. The number of ether oxygens (including phenoxy) is 2. The largest absolute Gasteiger partial charge is 0.462 e. The van der Waals surface area contributed by atoms with Gasteiger partial charge in [0, 0.05) is 12.8 Å². The minimum atomic E-state index is -0.577. The van der Waals surface area contributed by atoms with Crippen molar-refractivity contribution in [2.75, 3.05) is 12.5 Å². The smallest absolute Gasteiger partial charge is 0.306 e. The molecular formula is C39H65ClO4. The van der Waals surface area contributed by atoms with Crippen LogP contribution in [0.2, 0.25) is 0 Å². The summed E-state index contributed by atoms with van der Waals surface area (Å²) in [5, 5.41) is 0. The zero-order valence-corrected chi connectivity index (χ0v) is 29.1. The predicted molar refractivity (Wildman–Crippen MR) is 190 cm³/mol. The molecule has 0 aromatic carbocycles. The molecule has 0 rings (SSSR count). The molecule has 0 aliphatic rings. The van der Waals surface area contributed by atoms with Crippen LogP contribution in [0.25, 0.3) is 0 Å². The lowest BCUT2D eigenvalue weighted by Gasteiger charge is -2.15. The normalized spacial score (nSPS) is 12.9. The summed E-state index contributed by atoms with van der Waals surface area (Å²) in [6, 6.07) is 0. The number of carbonyl (C=O) groups is 2. The molecule has 0 saturated heterocycles. The van der Waals surface area contributed by atoms with E-state index in [1.807, 2.05) is 0 Å². The number of alkyl halides is 1. The van der Waals surface area contributed by atoms with E-state index in [-0.39, 0.29) is 24.4 Å². The standard InChI is InChI=1S/C39H65ClO4/c1-3-5-7-9-11-13-15-17-19-21-23-25-27-29-31-33-38(41)43-36-37(35-40)44-39(42)34-32-30-28-26-24-22-20-18-16-14-12-10-8-6-4-2/h6,8,11-14,17-20,37H,3-5,7,9-10,15-16,21-36H2,1-2H3/b8-6-,13-11-,14-12-,19-17-,20-18-/t37-/m0/s1. The van der Waals surface area contributed by atoms with Gasteiger partial charge >= 0.3 is 11.9 Å². The Morgan fingerprint density at radius 1 is 0.545 bits per heavy atom. The molecule has 0 radical (unpaired) electrons. The van der Waals surface area contributed by atoms with Gasteiger partial charge in [-0.25, -0.2) is 0 Å². The average molecular weight is 633 g/mol. The molecule has 5 heteroatoms. The van der Waals surface area contributed by atoms with Gasteiger partial charge in [0.25, 0.3) is 0 Å². The maximum atomic E-state index is 12.2. The topological polar surface area (TPSA) is 52.6 Å². The molecule has 0 amide bonds. The molecular weight excluding hydrogens is 568 g/mol. The van der Waals surface area contributed by atoms with Crippen molar-refractivity contribution in [2.45, 2.75) is 161 Å². The van der Waals surface area contributed by atoms with Crippen LogP contribution < -0.4 is 0 Å². The summed E-state index contributed by atoms with van der Waals surface area (Å²) in [5.41, 5.74) is 0. The van der Waals surface area contributed by atoms with Gasteiger partial charge in [0.2, 0.25) is 0 Å². The highest BCUT2D eigenvalue weighted by Gasteiger charge is 2.16. The minimum Gasteiger partial charge on any atom is -0.462 e. The second-order valence-electron chi connectivity index (χ2n) is 11.5. The van der Waals surface area contributed by atoms with Crippen LogP contribution in [0, 0.1) is 0 Å². The van der Waals surface area contributed by atoms with Crippen molar-refractivity contribution >= 4 is 23.5 Å². The van der Waals surface area contributed by atoms with Gasteiger partial charge in [-0.3, -0.25) is 9.59 Å². The SMILES string of the molecule is CC/C=C\C/C=C\C/C=C\CCCCCCCC(=O)O[C@@H](CCl)COC(=O)CCCCCCC/C=C\C/C=C\CCCCC. The van der Waals surface area contributed by atoms with E-state index in [0.717, 1.165) is 77.0 Å². The number of carbonyl (C=O) groups excluding carboxylic acids is 2. The van der Waals surface area contributed by atoms with Gasteiger partial charge < -0.3 is 9.47 Å². The van der Waals surface area contributed by atoms with Crippen LogP contribution in [0.3, 0.4) is 0 Å². The fourth-order valence-electron chi connectivity index (χ4n) is 4.58. The number of halogens is 1. The van der Waals surface area contributed by atoms with E-state index in [1.54, 1.807) is 0 Å². The highest BCUT2D eigenvalue weighted by Crippen LogP contribution is 2.11. The van der Waals surface area contributed by atoms with Crippen molar-refractivity contribution < 1.29 is 19.1 Å². The lowest BCUT2D eigenvalue weighted by Crippen LogP contribution is -2.26. The van der Waals surface area contributed by atoms with Crippen molar-refractivity contribution in [1.29, 1.82) is 0 Å². The predicted octanol–water partition coefficient (Wildman–Crippen LogP) is 12.1. The molecule has 0 unspecified atom stereocenters. The Bertz CT molecular complexity index is 796. The summed E-state index contributed by atoms with van der Waals surface area (Å²) >= 11 is 5.95. The van der Waals surface area contributed by atoms with E-state index in [9.17, 15) is 9.59 Å². The molecule has 0 aromatic heterocycles. The number of hydrogen-bond acceptors (Lipinski definition) is 4. The Balaban J connectivity index is 3.65. The van der Waals surface area contributed by atoms with Crippen LogP contribution in [0.1, 0.15) is 155 Å². The summed E-state index contributed by atoms with van der Waals surface area (Å²) in [5.74, 6) is -0.378. The summed E-state index contributed by atoms with van der Waals surface area (Å²) in [4.78, 5) is 24.3. The molecule has 0 bridgehead atoms. The van der Waals surface area contributed by atoms with E-state index in [1.165, 1.54) is 51.4 Å². The zero-order valence-electron chi connectivity index (χ0n) is 28.3. The van der Waals surface area contributed by atoms with Crippen molar-refractivity contribution in [3.8, 4) is 0 Å².